The second-order valence-electron chi connectivity index (χ2n) is 6.29. The summed E-state index contributed by atoms with van der Waals surface area (Å²) in [6.07, 6.45) is 4.97. The second kappa shape index (κ2) is 5.35. The van der Waals surface area contributed by atoms with Crippen molar-refractivity contribution < 1.29 is 0 Å². The molecule has 3 rings (SSSR count). The van der Waals surface area contributed by atoms with Gasteiger partial charge in [0.2, 0.25) is 17.2 Å². The van der Waals surface area contributed by atoms with Crippen LogP contribution in [0, 0.1) is 11.3 Å². The average Bonchev–Trinajstić information content (AvgIpc) is 3.01. The third kappa shape index (κ3) is 2.82. The molecule has 0 amide bonds. The Hall–Kier alpha value is -1.10. The minimum absolute atomic E-state index is 0.277. The number of rotatable bonds is 5. The maximum Gasteiger partial charge on any atom is 0.231 e. The van der Waals surface area contributed by atoms with Crippen LogP contribution in [0.25, 0.3) is 0 Å². The van der Waals surface area contributed by atoms with Gasteiger partial charge in [-0.1, -0.05) is 13.8 Å². The van der Waals surface area contributed by atoms with E-state index < -0.39 is 0 Å². The van der Waals surface area contributed by atoms with Crippen molar-refractivity contribution >= 4 is 23.5 Å². The number of anilines is 2. The molecule has 1 aromatic heterocycles. The van der Waals surface area contributed by atoms with Crippen molar-refractivity contribution in [2.75, 3.05) is 29.9 Å². The first-order chi connectivity index (χ1) is 9.59. The average molecular weight is 296 g/mol. The Labute approximate surface area is 125 Å². The molecule has 1 saturated heterocycles. The zero-order chi connectivity index (χ0) is 14.2. The highest BCUT2D eigenvalue weighted by molar-refractivity contribution is 6.28. The lowest BCUT2D eigenvalue weighted by atomic mass is 9.92. The smallest absolute Gasteiger partial charge is 0.231 e. The molecule has 0 radical (unpaired) electrons. The molecule has 2 aliphatic rings. The summed E-state index contributed by atoms with van der Waals surface area (Å²) in [5.41, 5.74) is 0.424. The molecule has 1 aliphatic heterocycles. The predicted molar refractivity (Wildman–Crippen MR) is 81.3 cm³/mol. The number of nitrogens with zero attached hydrogens (tertiary/aromatic N) is 4. The van der Waals surface area contributed by atoms with Gasteiger partial charge < -0.3 is 10.2 Å². The van der Waals surface area contributed by atoms with E-state index in [0.717, 1.165) is 19.6 Å². The molecular formula is C14H22ClN5. The number of nitrogens with one attached hydrogen (secondary N) is 1. The molecule has 1 N–H and O–H groups in total. The molecule has 2 heterocycles. The Morgan fingerprint density at radius 1 is 1.20 bits per heavy atom. The Balaban J connectivity index is 1.70. The van der Waals surface area contributed by atoms with Crippen molar-refractivity contribution in [2.45, 2.75) is 39.5 Å². The van der Waals surface area contributed by atoms with E-state index in [2.05, 4.69) is 39.0 Å². The van der Waals surface area contributed by atoms with E-state index in [-0.39, 0.29) is 5.28 Å². The molecule has 5 nitrogen and oxygen atoms in total. The summed E-state index contributed by atoms with van der Waals surface area (Å²) >= 11 is 6.03. The van der Waals surface area contributed by atoms with Gasteiger partial charge in [-0.2, -0.15) is 15.0 Å². The van der Waals surface area contributed by atoms with E-state index in [1.165, 1.54) is 25.7 Å². The maximum absolute atomic E-state index is 6.03. The van der Waals surface area contributed by atoms with E-state index in [1.54, 1.807) is 0 Å². The summed E-state index contributed by atoms with van der Waals surface area (Å²) in [5.74, 6) is 2.00. The normalized spacial score (nSPS) is 20.5. The standard InChI is InChI=1S/C14H22ClN5/c1-10(2)14(5-6-14)9-16-12-17-11(15)18-13(19-12)20-7-3-4-8-20/h10H,3-9H2,1-2H3,(H,16,17,18,19). The lowest BCUT2D eigenvalue weighted by Gasteiger charge is -2.21. The largest absolute Gasteiger partial charge is 0.353 e. The zero-order valence-electron chi connectivity index (χ0n) is 12.2. The first-order valence-corrected chi connectivity index (χ1v) is 7.87. The van der Waals surface area contributed by atoms with Crippen molar-refractivity contribution in [1.82, 2.24) is 15.0 Å². The minimum atomic E-state index is 0.277. The molecule has 0 bridgehead atoms. The molecule has 0 atom stereocenters. The molecular weight excluding hydrogens is 274 g/mol. The SMILES string of the molecule is CC(C)C1(CNc2nc(Cl)nc(N3CCCC3)n2)CC1. The summed E-state index contributed by atoms with van der Waals surface area (Å²) in [5, 5.41) is 3.64. The van der Waals surface area contributed by atoms with Gasteiger partial charge in [0, 0.05) is 19.6 Å². The van der Waals surface area contributed by atoms with Gasteiger partial charge in [-0.3, -0.25) is 0 Å². The van der Waals surface area contributed by atoms with Crippen molar-refractivity contribution in [1.29, 1.82) is 0 Å². The first kappa shape index (κ1) is 13.9. The van der Waals surface area contributed by atoms with Crippen LogP contribution in [0.3, 0.4) is 0 Å². The van der Waals surface area contributed by atoms with Crippen LogP contribution in [0.2, 0.25) is 5.28 Å². The monoisotopic (exact) mass is 295 g/mol. The van der Waals surface area contributed by atoms with Crippen LogP contribution in [0.15, 0.2) is 0 Å². The van der Waals surface area contributed by atoms with Gasteiger partial charge in [-0.15, -0.1) is 0 Å². The number of hydrogen-bond acceptors (Lipinski definition) is 5. The number of hydrogen-bond donors (Lipinski definition) is 1. The van der Waals surface area contributed by atoms with Crippen molar-refractivity contribution in [3.63, 3.8) is 0 Å². The topological polar surface area (TPSA) is 53.9 Å². The summed E-state index contributed by atoms with van der Waals surface area (Å²) < 4.78 is 0. The summed E-state index contributed by atoms with van der Waals surface area (Å²) in [4.78, 5) is 15.1. The Bertz CT molecular complexity index is 480. The van der Waals surface area contributed by atoms with Crippen LogP contribution in [-0.2, 0) is 0 Å². The van der Waals surface area contributed by atoms with Gasteiger partial charge in [-0.25, -0.2) is 0 Å². The highest BCUT2D eigenvalue weighted by Crippen LogP contribution is 2.51. The maximum atomic E-state index is 6.03. The third-order valence-electron chi connectivity index (χ3n) is 4.70. The Morgan fingerprint density at radius 3 is 2.50 bits per heavy atom. The van der Waals surface area contributed by atoms with Crippen molar-refractivity contribution in [3.05, 3.63) is 5.28 Å². The summed E-state index contributed by atoms with van der Waals surface area (Å²) in [7, 11) is 0. The minimum Gasteiger partial charge on any atom is -0.353 e. The molecule has 6 heteroatoms. The molecule has 0 spiro atoms. The van der Waals surface area contributed by atoms with Crippen LogP contribution in [-0.4, -0.2) is 34.6 Å². The highest BCUT2D eigenvalue weighted by atomic mass is 35.5. The molecule has 1 aromatic rings. The quantitative estimate of drug-likeness (QED) is 0.905. The molecule has 1 aliphatic carbocycles. The van der Waals surface area contributed by atoms with Gasteiger partial charge in [-0.05, 0) is 48.6 Å². The molecule has 1 saturated carbocycles. The molecule has 110 valence electrons. The van der Waals surface area contributed by atoms with Crippen LogP contribution >= 0.6 is 11.6 Å². The van der Waals surface area contributed by atoms with Crippen LogP contribution in [0.1, 0.15) is 39.5 Å². The molecule has 20 heavy (non-hydrogen) atoms. The third-order valence-corrected chi connectivity index (χ3v) is 4.87. The van der Waals surface area contributed by atoms with Gasteiger partial charge in [0.15, 0.2) is 0 Å². The lowest BCUT2D eigenvalue weighted by Crippen LogP contribution is -2.24. The fourth-order valence-corrected chi connectivity index (χ4v) is 3.01. The predicted octanol–water partition coefficient (Wildman–Crippen LogP) is 2.97. The van der Waals surface area contributed by atoms with Gasteiger partial charge in [0.05, 0.1) is 0 Å². The first-order valence-electron chi connectivity index (χ1n) is 7.49. The number of aromatic nitrogens is 3. The fourth-order valence-electron chi connectivity index (χ4n) is 2.85. The van der Waals surface area contributed by atoms with Gasteiger partial charge in [0.1, 0.15) is 0 Å². The van der Waals surface area contributed by atoms with Crippen molar-refractivity contribution in [3.8, 4) is 0 Å². The summed E-state index contributed by atoms with van der Waals surface area (Å²) in [6, 6.07) is 0. The Kier molecular flexibility index (Phi) is 3.71. The van der Waals surface area contributed by atoms with E-state index in [9.17, 15) is 0 Å². The lowest BCUT2D eigenvalue weighted by molar-refractivity contribution is 0.379. The van der Waals surface area contributed by atoms with E-state index in [1.807, 2.05) is 0 Å². The van der Waals surface area contributed by atoms with Crippen LogP contribution < -0.4 is 10.2 Å². The van der Waals surface area contributed by atoms with Crippen LogP contribution in [0.4, 0.5) is 11.9 Å². The van der Waals surface area contributed by atoms with Crippen LogP contribution in [0.5, 0.6) is 0 Å². The molecule has 0 aromatic carbocycles. The van der Waals surface area contributed by atoms with Gasteiger partial charge >= 0.3 is 0 Å². The van der Waals surface area contributed by atoms with Crippen molar-refractivity contribution in [2.24, 2.45) is 11.3 Å². The van der Waals surface area contributed by atoms with E-state index in [0.29, 0.717) is 23.2 Å². The molecule has 0 unspecified atom stereocenters. The van der Waals surface area contributed by atoms with Gasteiger partial charge in [0.25, 0.3) is 0 Å². The molecule has 2 fully saturated rings. The highest BCUT2D eigenvalue weighted by Gasteiger charge is 2.45. The second-order valence-corrected chi connectivity index (χ2v) is 6.63. The van der Waals surface area contributed by atoms with E-state index in [4.69, 9.17) is 11.6 Å². The fraction of sp³-hybridized carbons (Fsp3) is 0.786. The summed E-state index contributed by atoms with van der Waals surface area (Å²) in [6.45, 7) is 7.51. The zero-order valence-corrected chi connectivity index (χ0v) is 12.9. The Morgan fingerprint density at radius 2 is 1.90 bits per heavy atom. The number of halogens is 1. The van der Waals surface area contributed by atoms with E-state index >= 15 is 0 Å².